The maximum Gasteiger partial charge on any atom is 0.391 e. The van der Waals surface area contributed by atoms with Crippen LogP contribution in [0.15, 0.2) is 28.7 Å². The van der Waals surface area contributed by atoms with Crippen molar-refractivity contribution in [3.8, 4) is 0 Å². The molecule has 0 bridgehead atoms. The molecule has 2 heteroatoms. The van der Waals surface area contributed by atoms with E-state index in [9.17, 15) is 0 Å². The van der Waals surface area contributed by atoms with Crippen LogP contribution in [0.4, 0.5) is 0 Å². The molecule has 0 spiro atoms. The first-order valence-electron chi connectivity index (χ1n) is 4.39. The third-order valence-electron chi connectivity index (χ3n) is 1.87. The average molecular weight is 193 g/mol. The Labute approximate surface area is 82.0 Å². The van der Waals surface area contributed by atoms with E-state index in [0.29, 0.717) is 0 Å². The van der Waals surface area contributed by atoms with Gasteiger partial charge < -0.3 is 0 Å². The SMILES string of the molecule is CC(C)(C)c1[o+]c2ccccc2s1. The van der Waals surface area contributed by atoms with Crippen molar-refractivity contribution in [1.82, 2.24) is 0 Å². The second-order valence-electron chi connectivity index (χ2n) is 4.19. The Balaban J connectivity index is 2.63. The topological polar surface area (TPSA) is 11.3 Å². The summed E-state index contributed by atoms with van der Waals surface area (Å²) in [7, 11) is 0. The first kappa shape index (κ1) is 8.70. The molecule has 0 unspecified atom stereocenters. The van der Waals surface area contributed by atoms with E-state index in [-0.39, 0.29) is 5.41 Å². The second-order valence-corrected chi connectivity index (χ2v) is 5.20. The summed E-state index contributed by atoms with van der Waals surface area (Å²) >= 11 is 1.74. The van der Waals surface area contributed by atoms with Gasteiger partial charge in [0.05, 0.1) is 5.41 Å². The van der Waals surface area contributed by atoms with Crippen molar-refractivity contribution < 1.29 is 4.42 Å². The number of rotatable bonds is 0. The normalized spacial score (nSPS) is 12.2. The van der Waals surface area contributed by atoms with Crippen molar-refractivity contribution in [1.29, 1.82) is 0 Å². The standard InChI is InChI=1S/C11H13OS/c1-11(2,3)10-12-8-6-4-5-7-9(8)13-10/h4-7H,1-3H3/q+1. The minimum absolute atomic E-state index is 0.115. The van der Waals surface area contributed by atoms with Crippen LogP contribution >= 0.6 is 11.3 Å². The predicted molar refractivity (Wildman–Crippen MR) is 57.2 cm³/mol. The highest BCUT2D eigenvalue weighted by atomic mass is 32.1. The molecule has 1 nitrogen and oxygen atoms in total. The highest BCUT2D eigenvalue weighted by Gasteiger charge is 2.30. The highest BCUT2D eigenvalue weighted by Crippen LogP contribution is 2.33. The minimum atomic E-state index is 0.115. The molecule has 0 saturated heterocycles. The van der Waals surface area contributed by atoms with Crippen LogP contribution < -0.4 is 0 Å². The van der Waals surface area contributed by atoms with E-state index >= 15 is 0 Å². The van der Waals surface area contributed by atoms with E-state index in [2.05, 4.69) is 26.8 Å². The molecule has 1 aromatic carbocycles. The van der Waals surface area contributed by atoms with Gasteiger partial charge in [-0.1, -0.05) is 12.1 Å². The molecule has 0 fully saturated rings. The number of hydrogen-bond donors (Lipinski definition) is 0. The largest absolute Gasteiger partial charge is 0.391 e. The number of hydrogen-bond acceptors (Lipinski definition) is 1. The third kappa shape index (κ3) is 1.59. The quantitative estimate of drug-likeness (QED) is 0.574. The molecule has 1 heterocycles. The van der Waals surface area contributed by atoms with Gasteiger partial charge in [-0.3, -0.25) is 0 Å². The molecule has 0 radical (unpaired) electrons. The van der Waals surface area contributed by atoms with Crippen LogP contribution in [-0.4, -0.2) is 0 Å². The molecule has 0 amide bonds. The molecule has 2 aromatic rings. The molecular weight excluding hydrogens is 180 g/mol. The van der Waals surface area contributed by atoms with E-state index in [1.807, 2.05) is 18.2 Å². The lowest BCUT2D eigenvalue weighted by Gasteiger charge is -2.03. The van der Waals surface area contributed by atoms with Gasteiger partial charge in [0.25, 0.3) is 0 Å². The fourth-order valence-corrected chi connectivity index (χ4v) is 2.14. The molecule has 0 aliphatic heterocycles. The van der Waals surface area contributed by atoms with E-state index in [1.54, 1.807) is 11.3 Å². The predicted octanol–water partition coefficient (Wildman–Crippen LogP) is 4.07. The van der Waals surface area contributed by atoms with Crippen LogP contribution in [0.1, 0.15) is 25.8 Å². The van der Waals surface area contributed by atoms with Gasteiger partial charge >= 0.3 is 10.7 Å². The van der Waals surface area contributed by atoms with Gasteiger partial charge in [0.1, 0.15) is 4.70 Å². The molecule has 0 aliphatic rings. The first-order valence-corrected chi connectivity index (χ1v) is 5.21. The van der Waals surface area contributed by atoms with E-state index in [4.69, 9.17) is 4.42 Å². The van der Waals surface area contributed by atoms with Crippen molar-refractivity contribution in [3.05, 3.63) is 29.3 Å². The summed E-state index contributed by atoms with van der Waals surface area (Å²) in [6.45, 7) is 6.50. The van der Waals surface area contributed by atoms with Crippen molar-refractivity contribution in [2.75, 3.05) is 0 Å². The van der Waals surface area contributed by atoms with Gasteiger partial charge in [-0.15, -0.1) is 0 Å². The zero-order valence-corrected chi connectivity index (χ0v) is 8.94. The summed E-state index contributed by atoms with van der Waals surface area (Å²) in [5, 5.41) is 1.09. The Morgan fingerprint density at radius 3 is 2.46 bits per heavy atom. The zero-order chi connectivity index (χ0) is 9.47. The Morgan fingerprint density at radius 1 is 1.15 bits per heavy atom. The second kappa shape index (κ2) is 2.81. The van der Waals surface area contributed by atoms with Gasteiger partial charge in [-0.25, -0.2) is 0 Å². The Hall–Kier alpha value is -0.890. The van der Waals surface area contributed by atoms with Gasteiger partial charge in [0, 0.05) is 6.07 Å². The summed E-state index contributed by atoms with van der Waals surface area (Å²) in [6, 6.07) is 8.16. The molecule has 0 saturated carbocycles. The van der Waals surface area contributed by atoms with Gasteiger partial charge in [-0.2, -0.15) is 4.42 Å². The highest BCUT2D eigenvalue weighted by molar-refractivity contribution is 7.18. The van der Waals surface area contributed by atoms with Crippen LogP contribution in [-0.2, 0) is 5.41 Å². The number of fused-ring (bicyclic) bond motifs is 1. The lowest BCUT2D eigenvalue weighted by molar-refractivity contribution is 0.444. The number of para-hydroxylation sites is 1. The molecule has 1 aromatic heterocycles. The molecule has 0 aliphatic carbocycles. The smallest absolute Gasteiger partial charge is 0.199 e. The third-order valence-corrected chi connectivity index (χ3v) is 3.31. The van der Waals surface area contributed by atoms with Crippen molar-refractivity contribution >= 4 is 21.6 Å². The molecular formula is C11H13OS+. The molecule has 68 valence electrons. The van der Waals surface area contributed by atoms with E-state index in [0.717, 1.165) is 10.7 Å². The monoisotopic (exact) mass is 193 g/mol. The van der Waals surface area contributed by atoms with Gasteiger partial charge in [-0.05, 0) is 38.2 Å². The number of benzene rings is 1. The molecule has 0 atom stereocenters. The van der Waals surface area contributed by atoms with Crippen molar-refractivity contribution in [3.63, 3.8) is 0 Å². The van der Waals surface area contributed by atoms with Crippen molar-refractivity contribution in [2.45, 2.75) is 26.2 Å². The maximum absolute atomic E-state index is 5.75. The fourth-order valence-electron chi connectivity index (χ4n) is 1.15. The molecule has 13 heavy (non-hydrogen) atoms. The van der Waals surface area contributed by atoms with Gasteiger partial charge in [0.15, 0.2) is 0 Å². The van der Waals surface area contributed by atoms with Crippen LogP contribution in [0.2, 0.25) is 0 Å². The Morgan fingerprint density at radius 2 is 1.85 bits per heavy atom. The Kier molecular flexibility index (Phi) is 1.88. The van der Waals surface area contributed by atoms with Crippen LogP contribution in [0.3, 0.4) is 0 Å². The molecule has 2 rings (SSSR count). The van der Waals surface area contributed by atoms with Gasteiger partial charge in [0.2, 0.25) is 0 Å². The summed E-state index contributed by atoms with van der Waals surface area (Å²) in [4.78, 5) is 0. The van der Waals surface area contributed by atoms with E-state index < -0.39 is 0 Å². The van der Waals surface area contributed by atoms with Crippen LogP contribution in [0, 0.1) is 0 Å². The maximum atomic E-state index is 5.75. The summed E-state index contributed by atoms with van der Waals surface area (Å²) in [6.07, 6.45) is 0. The zero-order valence-electron chi connectivity index (χ0n) is 8.13. The lowest BCUT2D eigenvalue weighted by Crippen LogP contribution is -2.07. The van der Waals surface area contributed by atoms with Crippen LogP contribution in [0.25, 0.3) is 10.3 Å². The average Bonchev–Trinajstić information content (AvgIpc) is 2.45. The first-order chi connectivity index (χ1) is 6.07. The van der Waals surface area contributed by atoms with E-state index in [1.165, 1.54) is 4.70 Å². The van der Waals surface area contributed by atoms with Crippen molar-refractivity contribution in [2.24, 2.45) is 0 Å². The summed E-state index contributed by atoms with van der Waals surface area (Å²) in [5.74, 6) is 0. The minimum Gasteiger partial charge on any atom is -0.199 e. The van der Waals surface area contributed by atoms with Crippen LogP contribution in [0.5, 0.6) is 0 Å². The lowest BCUT2D eigenvalue weighted by atomic mass is 9.99. The summed E-state index contributed by atoms with van der Waals surface area (Å²) < 4.78 is 6.98. The fraction of sp³-hybridized carbons (Fsp3) is 0.364. The summed E-state index contributed by atoms with van der Waals surface area (Å²) in [5.41, 5.74) is 1.11. The Bertz CT molecular complexity index is 390. The molecule has 0 N–H and O–H groups in total.